The molecule has 41 heavy (non-hydrogen) atoms. The third kappa shape index (κ3) is 6.64. The average Bonchev–Trinajstić information content (AvgIpc) is 3.04. The minimum atomic E-state index is -1.63. The van der Waals surface area contributed by atoms with Gasteiger partial charge in [0.2, 0.25) is 11.9 Å². The summed E-state index contributed by atoms with van der Waals surface area (Å²) in [5, 5.41) is 60.8. The SMILES string of the molecule is CC1(C)CC(C[NH3+])C(C)(C)N1O.O=C([O-])CCC(=O)OC1C(=O)c2c(O)cc(O)cc2OC1c1ccc(O)c(O)c1. The Balaban J connectivity index is 0.000000322. The van der Waals surface area contributed by atoms with E-state index in [0.717, 1.165) is 37.2 Å². The summed E-state index contributed by atoms with van der Waals surface area (Å²) in [4.78, 5) is 35.5. The van der Waals surface area contributed by atoms with Crippen molar-refractivity contribution in [2.45, 2.75) is 70.2 Å². The number of aromatic hydroxyl groups is 4. The number of fused-ring (bicyclic) bond motifs is 1. The molecule has 2 aliphatic heterocycles. The van der Waals surface area contributed by atoms with Gasteiger partial charge in [0.05, 0.1) is 13.0 Å². The highest BCUT2D eigenvalue weighted by molar-refractivity contribution is 6.06. The van der Waals surface area contributed by atoms with Crippen molar-refractivity contribution in [1.82, 2.24) is 5.06 Å². The van der Waals surface area contributed by atoms with Crippen molar-refractivity contribution in [3.05, 3.63) is 41.5 Å². The lowest BCUT2D eigenvalue weighted by Crippen LogP contribution is -2.58. The molecule has 224 valence electrons. The highest BCUT2D eigenvalue weighted by Crippen LogP contribution is 2.44. The van der Waals surface area contributed by atoms with E-state index in [1.165, 1.54) is 11.1 Å². The molecule has 0 aromatic heterocycles. The van der Waals surface area contributed by atoms with E-state index < -0.39 is 60.0 Å². The standard InChI is InChI=1S/C19H16O10.C9H20N2O/c20-9-6-12(23)16-13(7-9)28-18(8-1-2-10(21)11(22)5-8)19(17(16)27)29-15(26)4-3-14(24)25;1-8(2)5-7(6-10)9(3,4)11(8)12/h1-2,5-7,18-23H,3-4H2,(H,24,25);7,12H,5-6,10H2,1-4H3. The molecule has 13 heteroatoms. The van der Waals surface area contributed by atoms with Crippen LogP contribution in [0, 0.1) is 5.92 Å². The number of carbonyl (C=O) groups excluding carboxylic acids is 3. The van der Waals surface area contributed by atoms with E-state index in [-0.39, 0.29) is 33.7 Å². The number of rotatable bonds is 6. The largest absolute Gasteiger partial charge is 0.550 e. The second kappa shape index (κ2) is 11.8. The van der Waals surface area contributed by atoms with Crippen molar-refractivity contribution in [2.24, 2.45) is 5.92 Å². The monoisotopic (exact) mass is 576 g/mol. The minimum Gasteiger partial charge on any atom is -0.550 e. The van der Waals surface area contributed by atoms with Gasteiger partial charge in [-0.2, -0.15) is 5.06 Å². The summed E-state index contributed by atoms with van der Waals surface area (Å²) in [6, 6.07) is 5.50. The van der Waals surface area contributed by atoms with E-state index in [9.17, 15) is 45.1 Å². The van der Waals surface area contributed by atoms with Crippen molar-refractivity contribution in [3.63, 3.8) is 0 Å². The third-order valence-corrected chi connectivity index (χ3v) is 7.43. The van der Waals surface area contributed by atoms with Crippen molar-refractivity contribution in [2.75, 3.05) is 6.54 Å². The Hall–Kier alpha value is -4.07. The molecule has 0 spiro atoms. The van der Waals surface area contributed by atoms with Gasteiger partial charge in [-0.25, -0.2) is 0 Å². The highest BCUT2D eigenvalue weighted by Gasteiger charge is 2.51. The zero-order valence-corrected chi connectivity index (χ0v) is 23.3. The van der Waals surface area contributed by atoms with Crippen LogP contribution in [-0.4, -0.2) is 72.1 Å². The normalized spacial score (nSPS) is 22.6. The summed E-state index contributed by atoms with van der Waals surface area (Å²) in [5.41, 5.74) is 3.52. The molecule has 0 aliphatic carbocycles. The van der Waals surface area contributed by atoms with Gasteiger partial charge in [0.25, 0.3) is 0 Å². The molecule has 0 bridgehead atoms. The van der Waals surface area contributed by atoms with Gasteiger partial charge in [0.15, 0.2) is 17.6 Å². The van der Waals surface area contributed by atoms with Crippen LogP contribution in [-0.2, 0) is 14.3 Å². The molecule has 0 radical (unpaired) electrons. The molecule has 2 heterocycles. The summed E-state index contributed by atoms with van der Waals surface area (Å²) in [6.45, 7) is 9.21. The van der Waals surface area contributed by atoms with Gasteiger partial charge in [-0.3, -0.25) is 9.59 Å². The van der Waals surface area contributed by atoms with Crippen LogP contribution in [0.2, 0.25) is 0 Å². The lowest BCUT2D eigenvalue weighted by Gasteiger charge is -2.35. The van der Waals surface area contributed by atoms with Gasteiger partial charge in [-0.15, -0.1) is 0 Å². The number of phenols is 4. The number of carbonyl (C=O) groups is 3. The molecule has 2 aliphatic rings. The summed E-state index contributed by atoms with van der Waals surface area (Å²) in [6.07, 6.45) is -3.10. The first kappa shape index (κ1) is 31.5. The molecule has 0 saturated carbocycles. The number of carboxylic acids is 1. The van der Waals surface area contributed by atoms with Crippen LogP contribution in [0.1, 0.15) is 69.0 Å². The number of ether oxygens (including phenoxy) is 2. The fourth-order valence-corrected chi connectivity index (χ4v) is 5.23. The van der Waals surface area contributed by atoms with Crippen LogP contribution in [0.5, 0.6) is 28.7 Å². The van der Waals surface area contributed by atoms with Crippen molar-refractivity contribution < 1.29 is 60.3 Å². The predicted molar refractivity (Wildman–Crippen MR) is 139 cm³/mol. The number of hydrogen-bond donors (Lipinski definition) is 6. The number of hydrogen-bond acceptors (Lipinski definition) is 12. The molecular formula is C28H36N2O11. The summed E-state index contributed by atoms with van der Waals surface area (Å²) in [7, 11) is 0. The Labute approximate surface area is 236 Å². The Bertz CT molecular complexity index is 1320. The topological polar surface area (TPSA) is 225 Å². The third-order valence-electron chi connectivity index (χ3n) is 7.43. The van der Waals surface area contributed by atoms with Gasteiger partial charge in [0.1, 0.15) is 22.8 Å². The molecule has 13 nitrogen and oxygen atoms in total. The predicted octanol–water partition coefficient (Wildman–Crippen LogP) is 0.764. The number of quaternary nitrogens is 1. The Morgan fingerprint density at radius 1 is 1.05 bits per heavy atom. The highest BCUT2D eigenvalue weighted by atomic mass is 16.6. The number of carboxylic acid groups (broad SMARTS) is 1. The van der Waals surface area contributed by atoms with E-state index in [0.29, 0.717) is 5.92 Å². The van der Waals surface area contributed by atoms with E-state index in [1.54, 1.807) is 0 Å². The zero-order valence-electron chi connectivity index (χ0n) is 23.3. The molecule has 1 saturated heterocycles. The van der Waals surface area contributed by atoms with E-state index in [4.69, 9.17) is 9.47 Å². The number of nitrogens with zero attached hydrogens (tertiary/aromatic N) is 1. The number of esters is 1. The smallest absolute Gasteiger partial charge is 0.307 e. The minimum absolute atomic E-state index is 0.0914. The second-order valence-electron chi connectivity index (χ2n) is 11.2. The molecule has 0 amide bonds. The maximum absolute atomic E-state index is 12.9. The molecule has 3 unspecified atom stereocenters. The average molecular weight is 577 g/mol. The van der Waals surface area contributed by atoms with Gasteiger partial charge in [-0.1, -0.05) is 6.07 Å². The Morgan fingerprint density at radius 2 is 1.71 bits per heavy atom. The van der Waals surface area contributed by atoms with Gasteiger partial charge in [0, 0.05) is 40.7 Å². The summed E-state index contributed by atoms with van der Waals surface area (Å²) in [5.74, 6) is -5.00. The Morgan fingerprint density at radius 3 is 2.22 bits per heavy atom. The molecule has 3 atom stereocenters. The fraction of sp³-hybridized carbons (Fsp3) is 0.464. The molecule has 2 aromatic carbocycles. The van der Waals surface area contributed by atoms with E-state index in [2.05, 4.69) is 33.4 Å². The summed E-state index contributed by atoms with van der Waals surface area (Å²) < 4.78 is 10.8. The van der Waals surface area contributed by atoms with Gasteiger partial charge < -0.3 is 50.7 Å². The molecule has 8 N–H and O–H groups in total. The first-order valence-electron chi connectivity index (χ1n) is 13.0. The lowest BCUT2D eigenvalue weighted by molar-refractivity contribution is -0.384. The quantitative estimate of drug-likeness (QED) is 0.207. The van der Waals surface area contributed by atoms with Gasteiger partial charge in [-0.05, 0) is 52.7 Å². The first-order valence-corrected chi connectivity index (χ1v) is 13.0. The summed E-state index contributed by atoms with van der Waals surface area (Å²) >= 11 is 0. The van der Waals surface area contributed by atoms with Crippen molar-refractivity contribution >= 4 is 17.7 Å². The van der Waals surface area contributed by atoms with E-state index in [1.807, 2.05) is 0 Å². The fourth-order valence-electron chi connectivity index (χ4n) is 5.23. The number of Topliss-reactive ketones (excluding diaryl/α,β-unsaturated/α-hetero) is 1. The van der Waals surface area contributed by atoms with Crippen LogP contribution >= 0.6 is 0 Å². The van der Waals surface area contributed by atoms with Crippen LogP contribution in [0.15, 0.2) is 30.3 Å². The van der Waals surface area contributed by atoms with Crippen LogP contribution in [0.25, 0.3) is 0 Å². The lowest BCUT2D eigenvalue weighted by atomic mass is 9.87. The Kier molecular flexibility index (Phi) is 9.06. The number of phenolic OH excluding ortho intramolecular Hbond substituents is 4. The van der Waals surface area contributed by atoms with Crippen molar-refractivity contribution in [1.29, 1.82) is 0 Å². The van der Waals surface area contributed by atoms with Crippen LogP contribution < -0.4 is 15.6 Å². The van der Waals surface area contributed by atoms with Gasteiger partial charge >= 0.3 is 5.97 Å². The van der Waals surface area contributed by atoms with Crippen LogP contribution in [0.4, 0.5) is 0 Å². The second-order valence-corrected chi connectivity index (χ2v) is 11.2. The molecule has 2 aromatic rings. The number of aliphatic carboxylic acids is 1. The number of hydroxylamine groups is 2. The van der Waals surface area contributed by atoms with E-state index >= 15 is 0 Å². The van der Waals surface area contributed by atoms with Crippen LogP contribution in [0.3, 0.4) is 0 Å². The first-order chi connectivity index (χ1) is 19.0. The zero-order chi connectivity index (χ0) is 30.9. The van der Waals surface area contributed by atoms with Crippen molar-refractivity contribution in [3.8, 4) is 28.7 Å². The molecule has 1 fully saturated rings. The number of ketones is 1. The molecular weight excluding hydrogens is 540 g/mol. The number of benzene rings is 2. The maximum Gasteiger partial charge on any atom is 0.307 e. The maximum atomic E-state index is 12.9. The molecule has 4 rings (SSSR count).